The maximum Gasteiger partial charge on any atom is 0.191 e. The maximum absolute atomic E-state index is 5.92. The number of hydrogen-bond acceptors (Lipinski definition) is 4. The molecule has 1 aliphatic rings. The lowest BCUT2D eigenvalue weighted by atomic mass is 10.0. The van der Waals surface area contributed by atoms with Crippen molar-refractivity contribution in [2.45, 2.75) is 45.6 Å². The van der Waals surface area contributed by atoms with Crippen molar-refractivity contribution in [3.63, 3.8) is 0 Å². The molecule has 164 valence electrons. The second-order valence-electron chi connectivity index (χ2n) is 7.45. The molecule has 1 aromatic carbocycles. The van der Waals surface area contributed by atoms with Crippen LogP contribution in [0.4, 0.5) is 0 Å². The molecule has 0 saturated carbocycles. The van der Waals surface area contributed by atoms with E-state index in [-0.39, 0.29) is 6.10 Å². The number of ether oxygens (including phenoxy) is 3. The van der Waals surface area contributed by atoms with E-state index in [1.807, 2.05) is 18.2 Å². The molecule has 1 aromatic rings. The first-order valence-electron chi connectivity index (χ1n) is 11.1. The van der Waals surface area contributed by atoms with E-state index in [0.29, 0.717) is 5.92 Å². The zero-order chi connectivity index (χ0) is 20.6. The van der Waals surface area contributed by atoms with E-state index in [2.05, 4.69) is 41.6 Å². The van der Waals surface area contributed by atoms with Crippen molar-refractivity contribution in [1.82, 2.24) is 10.6 Å². The van der Waals surface area contributed by atoms with E-state index < -0.39 is 0 Å². The number of hydrogen-bond donors (Lipinski definition) is 2. The predicted molar refractivity (Wildman–Crippen MR) is 118 cm³/mol. The number of aliphatic imine (C=N–C) groups is 1. The van der Waals surface area contributed by atoms with Crippen LogP contribution >= 0.6 is 0 Å². The molecule has 1 heterocycles. The fourth-order valence-corrected chi connectivity index (χ4v) is 3.22. The molecule has 1 aliphatic heterocycles. The normalized spacial score (nSPS) is 16.6. The third-order valence-corrected chi connectivity index (χ3v) is 5.01. The summed E-state index contributed by atoms with van der Waals surface area (Å²) in [6, 6.07) is 10.3. The Morgan fingerprint density at radius 2 is 1.93 bits per heavy atom. The van der Waals surface area contributed by atoms with Gasteiger partial charge in [-0.25, -0.2) is 0 Å². The first-order valence-corrected chi connectivity index (χ1v) is 11.1. The number of nitrogens with zero attached hydrogens (tertiary/aromatic N) is 1. The van der Waals surface area contributed by atoms with Gasteiger partial charge in [0.15, 0.2) is 5.96 Å². The Hall–Kier alpha value is -1.63. The van der Waals surface area contributed by atoms with Crippen LogP contribution in [0.5, 0.6) is 0 Å². The zero-order valence-electron chi connectivity index (χ0n) is 18.2. The van der Waals surface area contributed by atoms with E-state index in [0.717, 1.165) is 84.3 Å². The van der Waals surface area contributed by atoms with E-state index in [1.54, 1.807) is 0 Å². The molecule has 6 heteroatoms. The van der Waals surface area contributed by atoms with E-state index >= 15 is 0 Å². The van der Waals surface area contributed by atoms with Gasteiger partial charge < -0.3 is 24.8 Å². The Balaban J connectivity index is 1.52. The zero-order valence-corrected chi connectivity index (χ0v) is 18.2. The van der Waals surface area contributed by atoms with Gasteiger partial charge in [0.1, 0.15) is 0 Å². The standard InChI is InChI=1S/C23H39N3O3/c1-3-24-23(25-13-7-15-28-19-21-11-17-27-18-12-21)26-14-8-16-29-20(2)22-9-5-4-6-10-22/h4-6,9-10,20-21H,3,7-8,11-19H2,1-2H3,(H2,24,25,26). The minimum absolute atomic E-state index is 0.124. The van der Waals surface area contributed by atoms with Crippen molar-refractivity contribution in [1.29, 1.82) is 0 Å². The lowest BCUT2D eigenvalue weighted by Crippen LogP contribution is -2.38. The SMILES string of the molecule is CCNC(=NCCCOCC1CCOCC1)NCCCOC(C)c1ccccc1. The second kappa shape index (κ2) is 15.2. The number of guanidine groups is 1. The topological polar surface area (TPSA) is 64.1 Å². The molecule has 1 unspecified atom stereocenters. The van der Waals surface area contributed by atoms with Crippen LogP contribution in [0.15, 0.2) is 35.3 Å². The molecule has 1 saturated heterocycles. The summed E-state index contributed by atoms with van der Waals surface area (Å²) in [5.41, 5.74) is 1.22. The monoisotopic (exact) mass is 405 g/mol. The van der Waals surface area contributed by atoms with Gasteiger partial charge in [-0.3, -0.25) is 4.99 Å². The molecule has 0 aliphatic carbocycles. The van der Waals surface area contributed by atoms with Crippen molar-refractivity contribution in [2.24, 2.45) is 10.9 Å². The Morgan fingerprint density at radius 3 is 2.69 bits per heavy atom. The smallest absolute Gasteiger partial charge is 0.191 e. The summed E-state index contributed by atoms with van der Waals surface area (Å²) in [4.78, 5) is 4.63. The molecule has 2 N–H and O–H groups in total. The second-order valence-corrected chi connectivity index (χ2v) is 7.45. The fourth-order valence-electron chi connectivity index (χ4n) is 3.22. The molecule has 1 fully saturated rings. The Kier molecular flexibility index (Phi) is 12.4. The quantitative estimate of drug-likeness (QED) is 0.299. The maximum atomic E-state index is 5.92. The minimum Gasteiger partial charge on any atom is -0.381 e. The lowest BCUT2D eigenvalue weighted by Gasteiger charge is -2.21. The highest BCUT2D eigenvalue weighted by atomic mass is 16.5. The van der Waals surface area contributed by atoms with Crippen LogP contribution in [0, 0.1) is 5.92 Å². The van der Waals surface area contributed by atoms with E-state index in [4.69, 9.17) is 14.2 Å². The van der Waals surface area contributed by atoms with Crippen LogP contribution in [-0.4, -0.2) is 58.6 Å². The molecule has 6 nitrogen and oxygen atoms in total. The predicted octanol–water partition coefficient (Wildman–Crippen LogP) is 3.54. The van der Waals surface area contributed by atoms with Crippen molar-refractivity contribution in [3.8, 4) is 0 Å². The van der Waals surface area contributed by atoms with Crippen LogP contribution in [0.3, 0.4) is 0 Å². The number of nitrogens with one attached hydrogen (secondary N) is 2. The van der Waals surface area contributed by atoms with Gasteiger partial charge in [-0.2, -0.15) is 0 Å². The van der Waals surface area contributed by atoms with Gasteiger partial charge in [0.25, 0.3) is 0 Å². The minimum atomic E-state index is 0.124. The summed E-state index contributed by atoms with van der Waals surface area (Å²) in [6.45, 7) is 10.8. The van der Waals surface area contributed by atoms with Gasteiger partial charge >= 0.3 is 0 Å². The summed E-state index contributed by atoms with van der Waals surface area (Å²) in [5.74, 6) is 1.53. The van der Waals surface area contributed by atoms with Crippen molar-refractivity contribution in [3.05, 3.63) is 35.9 Å². The highest BCUT2D eigenvalue weighted by molar-refractivity contribution is 5.79. The van der Waals surface area contributed by atoms with Crippen molar-refractivity contribution >= 4 is 5.96 Å². The van der Waals surface area contributed by atoms with Gasteiger partial charge in [0, 0.05) is 52.7 Å². The molecular formula is C23H39N3O3. The molecule has 0 amide bonds. The average Bonchev–Trinajstić information content (AvgIpc) is 2.77. The van der Waals surface area contributed by atoms with Gasteiger partial charge in [-0.1, -0.05) is 30.3 Å². The van der Waals surface area contributed by atoms with Gasteiger partial charge in [0.2, 0.25) is 0 Å². The summed E-state index contributed by atoms with van der Waals surface area (Å²) < 4.78 is 17.1. The Bertz CT molecular complexity index is 548. The summed E-state index contributed by atoms with van der Waals surface area (Å²) in [6.07, 6.45) is 4.26. The summed E-state index contributed by atoms with van der Waals surface area (Å²) in [7, 11) is 0. The molecule has 0 bridgehead atoms. The highest BCUT2D eigenvalue weighted by Gasteiger charge is 2.13. The van der Waals surface area contributed by atoms with Crippen LogP contribution in [0.1, 0.15) is 51.2 Å². The van der Waals surface area contributed by atoms with Crippen molar-refractivity contribution < 1.29 is 14.2 Å². The highest BCUT2D eigenvalue weighted by Crippen LogP contribution is 2.16. The number of benzene rings is 1. The third kappa shape index (κ3) is 10.6. The first-order chi connectivity index (χ1) is 14.3. The Morgan fingerprint density at radius 1 is 1.14 bits per heavy atom. The van der Waals surface area contributed by atoms with Gasteiger partial charge in [0.05, 0.1) is 6.10 Å². The fraction of sp³-hybridized carbons (Fsp3) is 0.696. The summed E-state index contributed by atoms with van der Waals surface area (Å²) >= 11 is 0. The van der Waals surface area contributed by atoms with Gasteiger partial charge in [-0.05, 0) is 51.0 Å². The van der Waals surface area contributed by atoms with Crippen LogP contribution in [0.25, 0.3) is 0 Å². The van der Waals surface area contributed by atoms with E-state index in [9.17, 15) is 0 Å². The molecule has 2 rings (SSSR count). The molecule has 0 spiro atoms. The molecule has 1 atom stereocenters. The van der Waals surface area contributed by atoms with Crippen LogP contribution in [0.2, 0.25) is 0 Å². The molecule has 0 aromatic heterocycles. The number of rotatable bonds is 13. The van der Waals surface area contributed by atoms with Crippen LogP contribution < -0.4 is 10.6 Å². The van der Waals surface area contributed by atoms with Gasteiger partial charge in [-0.15, -0.1) is 0 Å². The average molecular weight is 406 g/mol. The lowest BCUT2D eigenvalue weighted by molar-refractivity contribution is 0.0205. The molecule has 29 heavy (non-hydrogen) atoms. The summed E-state index contributed by atoms with van der Waals surface area (Å²) in [5, 5.41) is 6.68. The Labute approximate surface area is 176 Å². The first kappa shape index (κ1) is 23.6. The largest absolute Gasteiger partial charge is 0.381 e. The van der Waals surface area contributed by atoms with Crippen LogP contribution in [-0.2, 0) is 14.2 Å². The molecular weight excluding hydrogens is 366 g/mol. The van der Waals surface area contributed by atoms with E-state index in [1.165, 1.54) is 5.56 Å². The van der Waals surface area contributed by atoms with Crippen molar-refractivity contribution in [2.75, 3.05) is 52.7 Å². The third-order valence-electron chi connectivity index (χ3n) is 5.01. The molecule has 0 radical (unpaired) electrons.